The van der Waals surface area contributed by atoms with Crippen molar-refractivity contribution in [3.63, 3.8) is 0 Å². The van der Waals surface area contributed by atoms with E-state index >= 15 is 0 Å². The Morgan fingerprint density at radius 3 is 2.52 bits per heavy atom. The zero-order valence-electron chi connectivity index (χ0n) is 14.8. The summed E-state index contributed by atoms with van der Waals surface area (Å²) in [7, 11) is 0. The van der Waals surface area contributed by atoms with E-state index in [-0.39, 0.29) is 34.6 Å². The predicted molar refractivity (Wildman–Crippen MR) is 104 cm³/mol. The lowest BCUT2D eigenvalue weighted by Crippen LogP contribution is -2.08. The van der Waals surface area contributed by atoms with Crippen molar-refractivity contribution in [2.45, 2.75) is 32.8 Å². The third-order valence-electron chi connectivity index (χ3n) is 4.36. The minimum absolute atomic E-state index is 0.0384. The van der Waals surface area contributed by atoms with E-state index in [2.05, 4.69) is 5.32 Å². The molecule has 1 fully saturated rings. The van der Waals surface area contributed by atoms with Crippen molar-refractivity contribution in [1.29, 1.82) is 0 Å². The highest BCUT2D eigenvalue weighted by atomic mass is 35.5. The second-order valence-corrected chi connectivity index (χ2v) is 7.67. The van der Waals surface area contributed by atoms with Crippen molar-refractivity contribution in [3.8, 4) is 5.75 Å². The minimum Gasteiger partial charge on any atom is -0.486 e. The van der Waals surface area contributed by atoms with E-state index in [0.717, 1.165) is 12.1 Å². The molecule has 7 heteroatoms. The molecule has 3 rings (SSSR count). The molecule has 2 aromatic rings. The van der Waals surface area contributed by atoms with Gasteiger partial charge in [-0.3, -0.25) is 4.79 Å². The summed E-state index contributed by atoms with van der Waals surface area (Å²) in [6, 6.07) is 6.48. The van der Waals surface area contributed by atoms with Crippen LogP contribution in [-0.2, 0) is 17.8 Å². The van der Waals surface area contributed by atoms with Crippen LogP contribution in [0, 0.1) is 18.7 Å². The van der Waals surface area contributed by atoms with E-state index in [1.165, 1.54) is 25.0 Å². The highest BCUT2D eigenvalue weighted by Crippen LogP contribution is 2.35. The van der Waals surface area contributed by atoms with Gasteiger partial charge in [-0.25, -0.2) is 4.39 Å². The molecule has 1 saturated carbocycles. The first-order valence-corrected chi connectivity index (χ1v) is 9.44. The quantitative estimate of drug-likeness (QED) is 0.604. The van der Waals surface area contributed by atoms with Gasteiger partial charge in [0.05, 0.1) is 22.2 Å². The summed E-state index contributed by atoms with van der Waals surface area (Å²) in [6.07, 6.45) is 2.18. The Morgan fingerprint density at radius 1 is 1.26 bits per heavy atom. The highest BCUT2D eigenvalue weighted by molar-refractivity contribution is 6.37. The highest BCUT2D eigenvalue weighted by Gasteiger charge is 2.22. The second-order valence-electron chi connectivity index (χ2n) is 6.86. The molecule has 2 aromatic carbocycles. The number of hydrogen-bond donors (Lipinski definition) is 2. The number of halogens is 3. The maximum absolute atomic E-state index is 14.8. The second kappa shape index (κ2) is 8.36. The van der Waals surface area contributed by atoms with Crippen LogP contribution in [0.15, 0.2) is 24.3 Å². The Morgan fingerprint density at radius 2 is 1.93 bits per heavy atom. The van der Waals surface area contributed by atoms with Gasteiger partial charge in [-0.2, -0.15) is 0 Å². The van der Waals surface area contributed by atoms with Crippen LogP contribution < -0.4 is 10.1 Å². The number of carbonyl (C=O) groups is 1. The molecule has 0 aromatic heterocycles. The minimum atomic E-state index is -0.983. The fourth-order valence-corrected chi connectivity index (χ4v) is 3.47. The molecular formula is C20H20Cl2FNO3. The largest absolute Gasteiger partial charge is 0.486 e. The number of carboxylic acids is 1. The zero-order valence-corrected chi connectivity index (χ0v) is 16.3. The number of anilines is 1. The Labute approximate surface area is 167 Å². The van der Waals surface area contributed by atoms with Gasteiger partial charge in [-0.05, 0) is 61.1 Å². The maximum atomic E-state index is 14.8. The van der Waals surface area contributed by atoms with Crippen LogP contribution >= 0.6 is 23.2 Å². The molecule has 4 nitrogen and oxygen atoms in total. The molecule has 0 heterocycles. The monoisotopic (exact) mass is 411 g/mol. The summed E-state index contributed by atoms with van der Waals surface area (Å²) in [5.41, 5.74) is 2.25. The van der Waals surface area contributed by atoms with Crippen LogP contribution in [0.25, 0.3) is 0 Å². The molecule has 2 N–H and O–H groups in total. The smallest absolute Gasteiger partial charge is 0.307 e. The SMILES string of the molecule is Cc1cc(COc2c(Cl)cc(CC(=O)O)cc2Cl)c(F)c(NCC2CC2)c1. The van der Waals surface area contributed by atoms with Gasteiger partial charge >= 0.3 is 5.97 Å². The van der Waals surface area contributed by atoms with E-state index in [0.29, 0.717) is 22.7 Å². The predicted octanol–water partition coefficient (Wildman–Crippen LogP) is 5.47. The topological polar surface area (TPSA) is 58.6 Å². The molecule has 0 spiro atoms. The Bertz CT molecular complexity index is 846. The van der Waals surface area contributed by atoms with Crippen molar-refractivity contribution >= 4 is 34.9 Å². The third-order valence-corrected chi connectivity index (χ3v) is 4.92. The van der Waals surface area contributed by atoms with Crippen LogP contribution in [0.5, 0.6) is 5.75 Å². The van der Waals surface area contributed by atoms with E-state index in [9.17, 15) is 9.18 Å². The molecule has 0 unspecified atom stereocenters. The van der Waals surface area contributed by atoms with Gasteiger partial charge in [0.25, 0.3) is 0 Å². The average Bonchev–Trinajstić information content (AvgIpc) is 3.39. The van der Waals surface area contributed by atoms with Gasteiger partial charge in [0, 0.05) is 12.1 Å². The van der Waals surface area contributed by atoms with Crippen molar-refractivity contribution in [2.24, 2.45) is 5.92 Å². The summed E-state index contributed by atoms with van der Waals surface area (Å²) in [4.78, 5) is 10.8. The summed E-state index contributed by atoms with van der Waals surface area (Å²) in [5, 5.41) is 12.4. The number of benzene rings is 2. The van der Waals surface area contributed by atoms with Crippen LogP contribution in [-0.4, -0.2) is 17.6 Å². The van der Waals surface area contributed by atoms with Gasteiger partial charge in [0.15, 0.2) is 11.6 Å². The molecule has 0 saturated heterocycles. The lowest BCUT2D eigenvalue weighted by atomic mass is 10.1. The molecule has 0 aliphatic heterocycles. The molecule has 0 bridgehead atoms. The van der Waals surface area contributed by atoms with Crippen molar-refractivity contribution in [1.82, 2.24) is 0 Å². The molecule has 0 radical (unpaired) electrons. The first kappa shape index (κ1) is 19.8. The van der Waals surface area contributed by atoms with Gasteiger partial charge in [-0.15, -0.1) is 0 Å². The van der Waals surface area contributed by atoms with Crippen molar-refractivity contribution in [2.75, 3.05) is 11.9 Å². The van der Waals surface area contributed by atoms with Gasteiger partial charge in [0.1, 0.15) is 6.61 Å². The zero-order chi connectivity index (χ0) is 19.6. The molecule has 0 atom stereocenters. The number of carboxylic acid groups (broad SMARTS) is 1. The van der Waals surface area contributed by atoms with E-state index in [1.807, 2.05) is 6.92 Å². The van der Waals surface area contributed by atoms with Crippen molar-refractivity contribution in [3.05, 3.63) is 56.8 Å². The van der Waals surface area contributed by atoms with E-state index in [1.54, 1.807) is 12.1 Å². The molecule has 144 valence electrons. The summed E-state index contributed by atoms with van der Waals surface area (Å²) in [5.74, 6) is -0.493. The maximum Gasteiger partial charge on any atom is 0.307 e. The average molecular weight is 412 g/mol. The number of ether oxygens (including phenoxy) is 1. The lowest BCUT2D eigenvalue weighted by Gasteiger charge is -2.15. The Hall–Kier alpha value is -1.98. The van der Waals surface area contributed by atoms with E-state index in [4.69, 9.17) is 33.0 Å². The summed E-state index contributed by atoms with van der Waals surface area (Å²) in [6.45, 7) is 2.62. The summed E-state index contributed by atoms with van der Waals surface area (Å²) < 4.78 is 20.4. The molecular weight excluding hydrogens is 392 g/mol. The molecule has 27 heavy (non-hydrogen) atoms. The molecule has 1 aliphatic rings. The standard InChI is InChI=1S/C20H20Cl2FNO3/c1-11-4-14(19(23)17(5-11)24-9-12-2-3-12)10-27-20-15(21)6-13(7-16(20)22)8-18(25)26/h4-7,12,24H,2-3,8-10H2,1H3,(H,25,26). The lowest BCUT2D eigenvalue weighted by molar-refractivity contribution is -0.136. The first-order valence-electron chi connectivity index (χ1n) is 8.69. The normalized spacial score (nSPS) is 13.5. The molecule has 0 amide bonds. The van der Waals surface area contributed by atoms with Gasteiger partial charge in [-0.1, -0.05) is 23.2 Å². The Kier molecular flexibility index (Phi) is 6.12. The number of hydrogen-bond acceptors (Lipinski definition) is 3. The third kappa shape index (κ3) is 5.27. The number of aliphatic carboxylic acids is 1. The van der Waals surface area contributed by atoms with Crippen molar-refractivity contribution < 1.29 is 19.0 Å². The number of nitrogens with one attached hydrogen (secondary N) is 1. The number of rotatable bonds is 8. The van der Waals surface area contributed by atoms with Crippen LogP contribution in [0.1, 0.15) is 29.5 Å². The fraction of sp³-hybridized carbons (Fsp3) is 0.350. The Balaban J connectivity index is 1.75. The van der Waals surface area contributed by atoms with Gasteiger partial charge < -0.3 is 15.2 Å². The fourth-order valence-electron chi connectivity index (χ4n) is 2.83. The van der Waals surface area contributed by atoms with Crippen LogP contribution in [0.4, 0.5) is 10.1 Å². The van der Waals surface area contributed by atoms with Crippen LogP contribution in [0.3, 0.4) is 0 Å². The van der Waals surface area contributed by atoms with Crippen LogP contribution in [0.2, 0.25) is 10.0 Å². The number of aryl methyl sites for hydroxylation is 1. The van der Waals surface area contributed by atoms with E-state index < -0.39 is 5.97 Å². The van der Waals surface area contributed by atoms with Gasteiger partial charge in [0.2, 0.25) is 0 Å². The first-order chi connectivity index (χ1) is 12.8. The summed E-state index contributed by atoms with van der Waals surface area (Å²) >= 11 is 12.3. The molecule has 1 aliphatic carbocycles.